The number of halogens is 1. The Kier molecular flexibility index (Phi) is 6.25. The van der Waals surface area contributed by atoms with Gasteiger partial charge >= 0.3 is 0 Å². The highest BCUT2D eigenvalue weighted by Crippen LogP contribution is 2.44. The maximum absolute atomic E-state index is 13.4. The molecule has 4 nitrogen and oxygen atoms in total. The van der Waals surface area contributed by atoms with Gasteiger partial charge in [0, 0.05) is 35.1 Å². The average Bonchev–Trinajstić information content (AvgIpc) is 2.85. The van der Waals surface area contributed by atoms with Crippen LogP contribution in [0.3, 0.4) is 0 Å². The molecule has 0 fully saturated rings. The third kappa shape index (κ3) is 4.38. The summed E-state index contributed by atoms with van der Waals surface area (Å²) in [5, 5.41) is 0.575. The second-order valence-corrected chi connectivity index (χ2v) is 9.33. The molecule has 1 aliphatic carbocycles. The summed E-state index contributed by atoms with van der Waals surface area (Å²) in [7, 11) is 0. The first-order chi connectivity index (χ1) is 16.5. The van der Waals surface area contributed by atoms with Crippen LogP contribution in [0.15, 0.2) is 84.1 Å². The molecule has 0 saturated carbocycles. The van der Waals surface area contributed by atoms with Gasteiger partial charge in [-0.1, -0.05) is 60.1 Å². The molecule has 3 aromatic rings. The topological polar surface area (TPSA) is 46.6 Å². The third-order valence-electron chi connectivity index (χ3n) is 6.62. The molecule has 0 N–H and O–H groups in total. The molecule has 0 spiro atoms. The van der Waals surface area contributed by atoms with E-state index in [1.54, 1.807) is 4.90 Å². The lowest BCUT2D eigenvalue weighted by Gasteiger charge is -2.39. The first-order valence-electron chi connectivity index (χ1n) is 11.6. The molecule has 1 unspecified atom stereocenters. The summed E-state index contributed by atoms with van der Waals surface area (Å²) in [4.78, 5) is 28.3. The standard InChI is InChI=1S/C29H26ClNO3/c1-19-10-13-22(30)16-26(19)31-25-8-5-9-27(32)29(25)24(17-28(31)33)21-11-14-23(15-12-21)34-18-20-6-3-2-4-7-20/h2-4,6-7,10-16,24H,5,8-9,17-18H2,1H3. The summed E-state index contributed by atoms with van der Waals surface area (Å²) < 4.78 is 5.92. The zero-order valence-corrected chi connectivity index (χ0v) is 19.8. The summed E-state index contributed by atoms with van der Waals surface area (Å²) in [5.74, 6) is 0.644. The maximum atomic E-state index is 13.4. The first-order valence-corrected chi connectivity index (χ1v) is 12.0. The lowest BCUT2D eigenvalue weighted by molar-refractivity contribution is -0.119. The molecule has 1 atom stereocenters. The smallest absolute Gasteiger partial charge is 0.232 e. The van der Waals surface area contributed by atoms with E-state index in [9.17, 15) is 9.59 Å². The van der Waals surface area contributed by atoms with Gasteiger partial charge in [0.2, 0.25) is 5.91 Å². The van der Waals surface area contributed by atoms with Crippen molar-refractivity contribution in [1.82, 2.24) is 0 Å². The highest BCUT2D eigenvalue weighted by atomic mass is 35.5. The Morgan fingerprint density at radius 3 is 2.50 bits per heavy atom. The van der Waals surface area contributed by atoms with Gasteiger partial charge in [-0.05, 0) is 60.7 Å². The van der Waals surface area contributed by atoms with E-state index >= 15 is 0 Å². The van der Waals surface area contributed by atoms with Gasteiger partial charge in [0.25, 0.3) is 0 Å². The van der Waals surface area contributed by atoms with Gasteiger partial charge in [-0.2, -0.15) is 0 Å². The molecule has 3 aromatic carbocycles. The number of rotatable bonds is 5. The summed E-state index contributed by atoms with van der Waals surface area (Å²) >= 11 is 6.26. The van der Waals surface area contributed by atoms with Crippen LogP contribution in [0.4, 0.5) is 5.69 Å². The fourth-order valence-electron chi connectivity index (χ4n) is 4.92. The highest BCUT2D eigenvalue weighted by Gasteiger charge is 2.40. The largest absolute Gasteiger partial charge is 0.489 e. The summed E-state index contributed by atoms with van der Waals surface area (Å²) in [5.41, 5.74) is 5.38. The van der Waals surface area contributed by atoms with Gasteiger partial charge in [-0.15, -0.1) is 0 Å². The number of benzene rings is 3. The number of allylic oxidation sites excluding steroid dienone is 2. The van der Waals surface area contributed by atoms with E-state index in [0.29, 0.717) is 24.5 Å². The van der Waals surface area contributed by atoms with E-state index in [0.717, 1.165) is 45.8 Å². The van der Waals surface area contributed by atoms with Gasteiger partial charge in [0.05, 0.1) is 5.69 Å². The molecule has 1 heterocycles. The number of aryl methyl sites for hydroxylation is 1. The van der Waals surface area contributed by atoms with E-state index in [-0.39, 0.29) is 24.0 Å². The monoisotopic (exact) mass is 471 g/mol. The molecule has 0 bridgehead atoms. The van der Waals surface area contributed by atoms with E-state index < -0.39 is 0 Å². The fraction of sp³-hybridized carbons (Fsp3) is 0.241. The van der Waals surface area contributed by atoms with Gasteiger partial charge in [-0.3, -0.25) is 14.5 Å². The van der Waals surface area contributed by atoms with Crippen LogP contribution in [-0.4, -0.2) is 11.7 Å². The third-order valence-corrected chi connectivity index (χ3v) is 6.85. The highest BCUT2D eigenvalue weighted by molar-refractivity contribution is 6.31. The molecule has 5 rings (SSSR count). The number of carbonyl (C=O) groups excluding carboxylic acids is 2. The summed E-state index contributed by atoms with van der Waals surface area (Å²) in [6.45, 7) is 2.45. The quantitative estimate of drug-likeness (QED) is 0.413. The van der Waals surface area contributed by atoms with Crippen molar-refractivity contribution >= 4 is 29.0 Å². The van der Waals surface area contributed by atoms with E-state index in [1.807, 2.05) is 79.7 Å². The van der Waals surface area contributed by atoms with Gasteiger partial charge in [0.1, 0.15) is 12.4 Å². The van der Waals surface area contributed by atoms with E-state index in [2.05, 4.69) is 0 Å². The van der Waals surface area contributed by atoms with Crippen molar-refractivity contribution in [2.24, 2.45) is 0 Å². The number of Topliss-reactive ketones (excluding diaryl/α,β-unsaturated/α-hetero) is 1. The molecule has 172 valence electrons. The number of anilines is 1. The van der Waals surface area contributed by atoms with Crippen molar-refractivity contribution in [2.75, 3.05) is 4.90 Å². The molecule has 34 heavy (non-hydrogen) atoms. The summed E-state index contributed by atoms with van der Waals surface area (Å²) in [6, 6.07) is 23.4. The number of ether oxygens (including phenoxy) is 1. The van der Waals surface area contributed by atoms with Crippen LogP contribution < -0.4 is 9.64 Å². The lowest BCUT2D eigenvalue weighted by Crippen LogP contribution is -2.40. The Bertz CT molecular complexity index is 1260. The number of ketones is 1. The number of hydrogen-bond donors (Lipinski definition) is 0. The van der Waals surface area contributed by atoms with Crippen LogP contribution in [0.1, 0.15) is 48.3 Å². The van der Waals surface area contributed by atoms with E-state index in [1.165, 1.54) is 0 Å². The first kappa shape index (κ1) is 22.4. The molecular formula is C29H26ClNO3. The molecule has 0 radical (unpaired) electrons. The predicted octanol–water partition coefficient (Wildman–Crippen LogP) is 6.76. The minimum absolute atomic E-state index is 0.00628. The molecule has 0 aromatic heterocycles. The van der Waals surface area contributed by atoms with Crippen LogP contribution in [0.25, 0.3) is 0 Å². The van der Waals surface area contributed by atoms with Crippen molar-refractivity contribution in [2.45, 2.75) is 45.1 Å². The predicted molar refractivity (Wildman–Crippen MR) is 134 cm³/mol. The van der Waals surface area contributed by atoms with Crippen LogP contribution in [0.2, 0.25) is 5.02 Å². The number of amides is 1. The number of nitrogens with zero attached hydrogens (tertiary/aromatic N) is 1. The normalized spacial score (nSPS) is 18.2. The number of carbonyl (C=O) groups is 2. The van der Waals surface area contributed by atoms with Gasteiger partial charge in [0.15, 0.2) is 5.78 Å². The zero-order chi connectivity index (χ0) is 23.7. The minimum atomic E-state index is -0.241. The molecular weight excluding hydrogens is 446 g/mol. The molecule has 5 heteroatoms. The van der Waals surface area contributed by atoms with Crippen molar-refractivity contribution in [3.8, 4) is 5.75 Å². The Morgan fingerprint density at radius 2 is 1.74 bits per heavy atom. The Morgan fingerprint density at radius 1 is 0.971 bits per heavy atom. The lowest BCUT2D eigenvalue weighted by atomic mass is 9.77. The second kappa shape index (κ2) is 9.47. The Labute approximate surface area is 204 Å². The SMILES string of the molecule is Cc1ccc(Cl)cc1N1C(=O)CC(c2ccc(OCc3ccccc3)cc2)C2=C1CCCC2=O. The van der Waals surface area contributed by atoms with Crippen LogP contribution in [0, 0.1) is 6.92 Å². The van der Waals surface area contributed by atoms with Gasteiger partial charge in [-0.25, -0.2) is 0 Å². The second-order valence-electron chi connectivity index (χ2n) is 8.90. The Balaban J connectivity index is 1.46. The van der Waals surface area contributed by atoms with Crippen molar-refractivity contribution in [3.63, 3.8) is 0 Å². The Hall–Kier alpha value is -3.37. The van der Waals surface area contributed by atoms with E-state index in [4.69, 9.17) is 16.3 Å². The molecule has 2 aliphatic rings. The minimum Gasteiger partial charge on any atom is -0.489 e. The van der Waals surface area contributed by atoms with Crippen molar-refractivity contribution in [3.05, 3.63) is 106 Å². The average molecular weight is 472 g/mol. The van der Waals surface area contributed by atoms with Crippen LogP contribution >= 0.6 is 11.6 Å². The fourth-order valence-corrected chi connectivity index (χ4v) is 5.08. The molecule has 1 amide bonds. The van der Waals surface area contributed by atoms with Crippen molar-refractivity contribution in [1.29, 1.82) is 0 Å². The van der Waals surface area contributed by atoms with Crippen LogP contribution in [-0.2, 0) is 16.2 Å². The molecule has 1 aliphatic heterocycles. The number of hydrogen-bond acceptors (Lipinski definition) is 3. The van der Waals surface area contributed by atoms with Crippen LogP contribution in [0.5, 0.6) is 5.75 Å². The van der Waals surface area contributed by atoms with Gasteiger partial charge < -0.3 is 4.74 Å². The maximum Gasteiger partial charge on any atom is 0.232 e. The zero-order valence-electron chi connectivity index (χ0n) is 19.1. The molecule has 0 saturated heterocycles. The van der Waals surface area contributed by atoms with Crippen molar-refractivity contribution < 1.29 is 14.3 Å². The summed E-state index contributed by atoms with van der Waals surface area (Å²) in [6.07, 6.45) is 2.22.